The lowest BCUT2D eigenvalue weighted by molar-refractivity contribution is 0.474. The van der Waals surface area contributed by atoms with E-state index in [1.54, 1.807) is 6.20 Å². The Bertz CT molecular complexity index is 172. The van der Waals surface area contributed by atoms with Crippen molar-refractivity contribution in [2.45, 2.75) is 20.0 Å². The maximum absolute atomic E-state index is 11.9. The van der Waals surface area contributed by atoms with Gasteiger partial charge in [0.2, 0.25) is 0 Å². The smallest absolute Gasteiger partial charge is 0.133 e. The molecule has 1 heterocycles. The molecule has 0 bridgehead atoms. The van der Waals surface area contributed by atoms with Gasteiger partial charge in [-0.1, -0.05) is 6.92 Å². The van der Waals surface area contributed by atoms with Crippen molar-refractivity contribution in [3.63, 3.8) is 0 Å². The van der Waals surface area contributed by atoms with Gasteiger partial charge in [0, 0.05) is 6.20 Å². The predicted octanol–water partition coefficient (Wildman–Crippen LogP) is 1.51. The zero-order chi connectivity index (χ0) is 7.40. The lowest BCUT2D eigenvalue weighted by Gasteiger charge is -1.94. The van der Waals surface area contributed by atoms with Crippen molar-refractivity contribution in [1.29, 1.82) is 0 Å². The zero-order valence-corrected chi connectivity index (χ0v) is 5.84. The highest BCUT2D eigenvalue weighted by Gasteiger charge is 1.92. The highest BCUT2D eigenvalue weighted by atomic mass is 19.1. The molecule has 0 aliphatic carbocycles. The van der Waals surface area contributed by atoms with Crippen LogP contribution in [0.25, 0.3) is 0 Å². The Morgan fingerprint density at radius 2 is 1.90 bits per heavy atom. The maximum atomic E-state index is 11.9. The summed E-state index contributed by atoms with van der Waals surface area (Å²) in [6.45, 7) is 1.45. The molecule has 1 aromatic heterocycles. The Morgan fingerprint density at radius 3 is 2.30 bits per heavy atom. The second-order valence-corrected chi connectivity index (χ2v) is 1.99. The minimum absolute atomic E-state index is 0.400. The van der Waals surface area contributed by atoms with Crippen molar-refractivity contribution in [1.82, 2.24) is 9.97 Å². The largest absolute Gasteiger partial charge is 0.258 e. The van der Waals surface area contributed by atoms with Crippen molar-refractivity contribution < 1.29 is 4.39 Å². The van der Waals surface area contributed by atoms with Crippen LogP contribution in [-0.2, 0) is 13.1 Å². The average molecular weight is 140 g/mol. The summed E-state index contributed by atoms with van der Waals surface area (Å²) in [6.07, 6.45) is 3.92. The van der Waals surface area contributed by atoms with E-state index in [1.165, 1.54) is 6.20 Å². The summed E-state index contributed by atoms with van der Waals surface area (Å²) in [7, 11) is 0. The summed E-state index contributed by atoms with van der Waals surface area (Å²) in [5.41, 5.74) is 1.30. The van der Waals surface area contributed by atoms with Crippen LogP contribution in [0.1, 0.15) is 18.3 Å². The van der Waals surface area contributed by atoms with E-state index in [2.05, 4.69) is 9.97 Å². The van der Waals surface area contributed by atoms with Crippen LogP contribution >= 0.6 is 0 Å². The fraction of sp³-hybridized carbons (Fsp3) is 0.429. The molecule has 2 nitrogen and oxygen atoms in total. The van der Waals surface area contributed by atoms with Gasteiger partial charge >= 0.3 is 0 Å². The van der Waals surface area contributed by atoms with Gasteiger partial charge in [-0.05, 0) is 6.42 Å². The van der Waals surface area contributed by atoms with E-state index in [9.17, 15) is 4.39 Å². The van der Waals surface area contributed by atoms with Crippen molar-refractivity contribution in [3.8, 4) is 0 Å². The van der Waals surface area contributed by atoms with Crippen LogP contribution in [0.15, 0.2) is 12.4 Å². The fourth-order valence-electron chi connectivity index (χ4n) is 0.633. The van der Waals surface area contributed by atoms with E-state index < -0.39 is 6.67 Å². The first kappa shape index (κ1) is 7.12. The molecule has 3 heteroatoms. The van der Waals surface area contributed by atoms with E-state index in [0.29, 0.717) is 5.69 Å². The van der Waals surface area contributed by atoms with Gasteiger partial charge in [-0.3, -0.25) is 9.97 Å². The lowest BCUT2D eigenvalue weighted by Crippen LogP contribution is -1.91. The molecule has 0 atom stereocenters. The number of hydrogen-bond donors (Lipinski definition) is 0. The van der Waals surface area contributed by atoms with Crippen LogP contribution in [0.3, 0.4) is 0 Å². The van der Waals surface area contributed by atoms with Crippen LogP contribution < -0.4 is 0 Å². The predicted molar refractivity (Wildman–Crippen MR) is 36.2 cm³/mol. The first-order valence-corrected chi connectivity index (χ1v) is 3.22. The molecule has 0 saturated carbocycles. The summed E-state index contributed by atoms with van der Waals surface area (Å²) in [6, 6.07) is 0. The van der Waals surface area contributed by atoms with E-state index >= 15 is 0 Å². The number of rotatable bonds is 2. The minimum atomic E-state index is -0.531. The number of alkyl halides is 1. The van der Waals surface area contributed by atoms with Gasteiger partial charge in [0.05, 0.1) is 17.6 Å². The number of hydrogen-bond acceptors (Lipinski definition) is 2. The Hall–Kier alpha value is -0.990. The average Bonchev–Trinajstić information content (AvgIpc) is 2.05. The van der Waals surface area contributed by atoms with Gasteiger partial charge in [-0.25, -0.2) is 4.39 Å². The zero-order valence-electron chi connectivity index (χ0n) is 5.84. The van der Waals surface area contributed by atoms with Crippen molar-refractivity contribution >= 4 is 0 Å². The normalized spacial score (nSPS) is 9.80. The van der Waals surface area contributed by atoms with Crippen LogP contribution in [-0.4, -0.2) is 9.97 Å². The van der Waals surface area contributed by atoms with E-state index in [0.717, 1.165) is 12.1 Å². The maximum Gasteiger partial charge on any atom is 0.133 e. The van der Waals surface area contributed by atoms with Gasteiger partial charge in [0.25, 0.3) is 0 Å². The number of nitrogens with zero attached hydrogens (tertiary/aromatic N) is 2. The van der Waals surface area contributed by atoms with Crippen LogP contribution in [0.5, 0.6) is 0 Å². The molecule has 0 fully saturated rings. The first-order valence-electron chi connectivity index (χ1n) is 3.22. The molecule has 0 amide bonds. The van der Waals surface area contributed by atoms with Gasteiger partial charge in [0.15, 0.2) is 0 Å². The fourth-order valence-corrected chi connectivity index (χ4v) is 0.633. The number of aromatic nitrogens is 2. The van der Waals surface area contributed by atoms with Gasteiger partial charge in [-0.2, -0.15) is 0 Å². The molecular weight excluding hydrogens is 131 g/mol. The SMILES string of the molecule is CCc1cnc(CF)cn1. The highest BCUT2D eigenvalue weighted by molar-refractivity contribution is 5.00. The van der Waals surface area contributed by atoms with Crippen molar-refractivity contribution in [3.05, 3.63) is 23.8 Å². The van der Waals surface area contributed by atoms with Crippen LogP contribution in [0.2, 0.25) is 0 Å². The van der Waals surface area contributed by atoms with Crippen LogP contribution in [0.4, 0.5) is 4.39 Å². The van der Waals surface area contributed by atoms with Gasteiger partial charge < -0.3 is 0 Å². The molecule has 0 N–H and O–H groups in total. The Labute approximate surface area is 59.1 Å². The second kappa shape index (κ2) is 3.25. The molecule has 54 valence electrons. The standard InChI is InChI=1S/C7H9FN2/c1-2-6-4-10-7(3-8)5-9-6/h4-5H,2-3H2,1H3. The lowest BCUT2D eigenvalue weighted by atomic mass is 10.3. The Morgan fingerprint density at radius 1 is 1.30 bits per heavy atom. The first-order chi connectivity index (χ1) is 4.86. The summed E-state index contributed by atoms with van der Waals surface area (Å²) in [5.74, 6) is 0. The molecule has 0 aliphatic heterocycles. The molecule has 0 radical (unpaired) electrons. The van der Waals surface area contributed by atoms with Crippen molar-refractivity contribution in [2.24, 2.45) is 0 Å². The van der Waals surface area contributed by atoms with Crippen molar-refractivity contribution in [2.75, 3.05) is 0 Å². The molecule has 0 saturated heterocycles. The third-order valence-corrected chi connectivity index (χ3v) is 1.26. The minimum Gasteiger partial charge on any atom is -0.258 e. The molecular formula is C7H9FN2. The van der Waals surface area contributed by atoms with Gasteiger partial charge in [-0.15, -0.1) is 0 Å². The molecule has 0 aliphatic rings. The summed E-state index contributed by atoms with van der Waals surface area (Å²) < 4.78 is 11.9. The summed E-state index contributed by atoms with van der Waals surface area (Å²) in [5, 5.41) is 0. The summed E-state index contributed by atoms with van der Waals surface area (Å²) >= 11 is 0. The number of aryl methyl sites for hydroxylation is 1. The van der Waals surface area contributed by atoms with Gasteiger partial charge in [0.1, 0.15) is 6.67 Å². The molecule has 0 unspecified atom stereocenters. The third kappa shape index (κ3) is 1.50. The van der Waals surface area contributed by atoms with E-state index in [4.69, 9.17) is 0 Å². The quantitative estimate of drug-likeness (QED) is 0.622. The molecule has 10 heavy (non-hydrogen) atoms. The monoisotopic (exact) mass is 140 g/mol. The molecule has 1 aromatic rings. The Balaban J connectivity index is 2.80. The number of halogens is 1. The van der Waals surface area contributed by atoms with E-state index in [1.807, 2.05) is 6.92 Å². The van der Waals surface area contributed by atoms with E-state index in [-0.39, 0.29) is 0 Å². The third-order valence-electron chi connectivity index (χ3n) is 1.26. The Kier molecular flexibility index (Phi) is 2.31. The second-order valence-electron chi connectivity index (χ2n) is 1.99. The molecule has 1 rings (SSSR count). The van der Waals surface area contributed by atoms with Crippen LogP contribution in [0, 0.1) is 0 Å². The molecule has 0 spiro atoms. The molecule has 0 aromatic carbocycles. The highest BCUT2D eigenvalue weighted by Crippen LogP contribution is 1.96. The topological polar surface area (TPSA) is 25.8 Å². The summed E-state index contributed by atoms with van der Waals surface area (Å²) in [4.78, 5) is 7.80.